The summed E-state index contributed by atoms with van der Waals surface area (Å²) in [5.74, 6) is -2.78. The van der Waals surface area contributed by atoms with Crippen LogP contribution in [0.15, 0.2) is 0 Å². The van der Waals surface area contributed by atoms with Gasteiger partial charge in [-0.15, -0.1) is 0 Å². The fourth-order valence-corrected chi connectivity index (χ4v) is 0.689. The first-order valence-corrected chi connectivity index (χ1v) is 3.52. The summed E-state index contributed by atoms with van der Waals surface area (Å²) in [5.41, 5.74) is 0. The second-order valence-electron chi connectivity index (χ2n) is 2.35. The van der Waals surface area contributed by atoms with Crippen molar-refractivity contribution in [1.82, 2.24) is 5.32 Å². The summed E-state index contributed by atoms with van der Waals surface area (Å²) in [5, 5.41) is 12.4. The van der Waals surface area contributed by atoms with E-state index in [0.717, 1.165) is 14.0 Å². The molecule has 1 N–H and O–H groups in total. The van der Waals surface area contributed by atoms with Gasteiger partial charge in [-0.3, -0.25) is 9.59 Å². The molecular weight excluding hydrogens is 178 g/mol. The molecule has 0 aromatic rings. The van der Waals surface area contributed by atoms with Crippen LogP contribution in [0.4, 0.5) is 0 Å². The monoisotopic (exact) mass is 188 g/mol. The number of esters is 1. The van der Waals surface area contributed by atoms with E-state index in [1.807, 2.05) is 5.32 Å². The van der Waals surface area contributed by atoms with Crippen LogP contribution in [0.2, 0.25) is 0 Å². The van der Waals surface area contributed by atoms with Crippen molar-refractivity contribution in [2.75, 3.05) is 7.11 Å². The number of nitrogens with one attached hydrogen (secondary N) is 1. The molecule has 6 heteroatoms. The molecule has 0 fully saturated rings. The summed E-state index contributed by atoms with van der Waals surface area (Å²) < 4.78 is 4.23. The highest BCUT2D eigenvalue weighted by Crippen LogP contribution is 1.93. The van der Waals surface area contributed by atoms with E-state index >= 15 is 0 Å². The van der Waals surface area contributed by atoms with Crippen LogP contribution in [0.3, 0.4) is 0 Å². The molecule has 74 valence electrons. The summed E-state index contributed by atoms with van der Waals surface area (Å²) >= 11 is 0. The summed E-state index contributed by atoms with van der Waals surface area (Å²) in [6.07, 6.45) is -0.432. The Balaban J connectivity index is 4.18. The number of methoxy groups -OCH3 is 1. The number of aliphatic carboxylic acids is 1. The van der Waals surface area contributed by atoms with Crippen LogP contribution in [0.5, 0.6) is 0 Å². The van der Waals surface area contributed by atoms with Crippen LogP contribution in [-0.2, 0) is 19.1 Å². The van der Waals surface area contributed by atoms with Crippen LogP contribution >= 0.6 is 0 Å². The third-order valence-corrected chi connectivity index (χ3v) is 1.26. The average molecular weight is 188 g/mol. The third kappa shape index (κ3) is 4.78. The first-order valence-electron chi connectivity index (χ1n) is 3.52. The topological polar surface area (TPSA) is 95.5 Å². The normalized spacial score (nSPS) is 11.5. The molecule has 0 aliphatic carbocycles. The molecule has 0 rings (SSSR count). The zero-order valence-electron chi connectivity index (χ0n) is 7.33. The lowest BCUT2D eigenvalue weighted by Crippen LogP contribution is -2.48. The van der Waals surface area contributed by atoms with Crippen LogP contribution in [0.25, 0.3) is 0 Å². The van der Waals surface area contributed by atoms with E-state index in [4.69, 9.17) is 0 Å². The standard InChI is InChI=1S/C7H11NO5/c1-4(9)8-5(7(11)12)3-6(10)13-2/h5H,3H2,1-2H3,(H,8,9)(H,11,12)/p-1. The van der Waals surface area contributed by atoms with Crippen LogP contribution in [0.1, 0.15) is 13.3 Å². The van der Waals surface area contributed by atoms with Gasteiger partial charge in [-0.2, -0.15) is 0 Å². The van der Waals surface area contributed by atoms with Gasteiger partial charge in [-0.1, -0.05) is 0 Å². The lowest BCUT2D eigenvalue weighted by molar-refractivity contribution is -0.308. The van der Waals surface area contributed by atoms with E-state index in [0.29, 0.717) is 0 Å². The van der Waals surface area contributed by atoms with E-state index in [-0.39, 0.29) is 0 Å². The van der Waals surface area contributed by atoms with Gasteiger partial charge in [0.15, 0.2) is 0 Å². The minimum atomic E-state index is -1.51. The Morgan fingerprint density at radius 1 is 1.46 bits per heavy atom. The number of amides is 1. The zero-order valence-corrected chi connectivity index (χ0v) is 7.33. The molecule has 0 saturated carbocycles. The molecule has 13 heavy (non-hydrogen) atoms. The SMILES string of the molecule is COC(=O)CC(NC(C)=O)C(=O)[O-]. The van der Waals surface area contributed by atoms with Crippen molar-refractivity contribution in [2.24, 2.45) is 0 Å². The highest BCUT2D eigenvalue weighted by atomic mass is 16.5. The minimum Gasteiger partial charge on any atom is -0.548 e. The Morgan fingerprint density at radius 3 is 2.31 bits per heavy atom. The summed E-state index contributed by atoms with van der Waals surface area (Å²) in [7, 11) is 1.13. The van der Waals surface area contributed by atoms with Gasteiger partial charge in [0.25, 0.3) is 0 Å². The number of hydrogen-bond donors (Lipinski definition) is 1. The number of rotatable bonds is 4. The molecule has 1 atom stereocenters. The Morgan fingerprint density at radius 2 is 2.00 bits per heavy atom. The second-order valence-corrected chi connectivity index (χ2v) is 2.35. The van der Waals surface area contributed by atoms with Crippen molar-refractivity contribution in [1.29, 1.82) is 0 Å². The predicted octanol–water partition coefficient (Wildman–Crippen LogP) is -2.20. The van der Waals surface area contributed by atoms with Crippen molar-refractivity contribution in [2.45, 2.75) is 19.4 Å². The van der Waals surface area contributed by atoms with Gasteiger partial charge in [0.05, 0.1) is 25.5 Å². The summed E-state index contributed by atoms with van der Waals surface area (Å²) in [6, 6.07) is -1.33. The molecule has 0 aliphatic heterocycles. The first kappa shape index (κ1) is 11.4. The van der Waals surface area contributed by atoms with Crippen molar-refractivity contribution < 1.29 is 24.2 Å². The van der Waals surface area contributed by atoms with Gasteiger partial charge in [0.1, 0.15) is 0 Å². The largest absolute Gasteiger partial charge is 0.548 e. The van der Waals surface area contributed by atoms with Gasteiger partial charge in [0, 0.05) is 6.92 Å². The van der Waals surface area contributed by atoms with E-state index < -0.39 is 30.3 Å². The first-order chi connectivity index (χ1) is 5.97. The maximum absolute atomic E-state index is 10.6. The quantitative estimate of drug-likeness (QED) is 0.505. The molecule has 0 aromatic carbocycles. The molecule has 0 aromatic heterocycles. The smallest absolute Gasteiger partial charge is 0.307 e. The molecule has 0 radical (unpaired) electrons. The van der Waals surface area contributed by atoms with Crippen LogP contribution in [-0.4, -0.2) is 31.0 Å². The highest BCUT2D eigenvalue weighted by molar-refractivity contribution is 5.85. The highest BCUT2D eigenvalue weighted by Gasteiger charge is 2.15. The number of carboxylic acids is 1. The summed E-state index contributed by atoms with van der Waals surface area (Å²) in [4.78, 5) is 31.5. The lowest BCUT2D eigenvalue weighted by Gasteiger charge is -2.16. The van der Waals surface area contributed by atoms with Crippen molar-refractivity contribution >= 4 is 17.8 Å². The van der Waals surface area contributed by atoms with Crippen molar-refractivity contribution in [3.8, 4) is 0 Å². The molecule has 1 amide bonds. The Hall–Kier alpha value is -1.59. The zero-order chi connectivity index (χ0) is 10.4. The van der Waals surface area contributed by atoms with E-state index in [9.17, 15) is 19.5 Å². The number of ether oxygens (including phenoxy) is 1. The third-order valence-electron chi connectivity index (χ3n) is 1.26. The van der Waals surface area contributed by atoms with E-state index in [1.165, 1.54) is 0 Å². The minimum absolute atomic E-state index is 0.432. The number of carbonyl (C=O) groups excluding carboxylic acids is 3. The van der Waals surface area contributed by atoms with Crippen LogP contribution < -0.4 is 10.4 Å². The van der Waals surface area contributed by atoms with E-state index in [2.05, 4.69) is 4.74 Å². The average Bonchev–Trinajstić information content (AvgIpc) is 2.02. The maximum atomic E-state index is 10.6. The summed E-state index contributed by atoms with van der Waals surface area (Å²) in [6.45, 7) is 1.15. The number of carboxylic acid groups (broad SMARTS) is 1. The Labute approximate surface area is 74.9 Å². The van der Waals surface area contributed by atoms with Crippen molar-refractivity contribution in [3.05, 3.63) is 0 Å². The molecule has 0 heterocycles. The van der Waals surface area contributed by atoms with Gasteiger partial charge in [0.2, 0.25) is 5.91 Å². The lowest BCUT2D eigenvalue weighted by atomic mass is 10.2. The second kappa shape index (κ2) is 5.13. The Kier molecular flexibility index (Phi) is 4.50. The van der Waals surface area contributed by atoms with Gasteiger partial charge < -0.3 is 20.0 Å². The van der Waals surface area contributed by atoms with Gasteiger partial charge in [-0.05, 0) is 0 Å². The number of hydrogen-bond acceptors (Lipinski definition) is 5. The van der Waals surface area contributed by atoms with E-state index in [1.54, 1.807) is 0 Å². The van der Waals surface area contributed by atoms with Crippen LogP contribution in [0, 0.1) is 0 Å². The fraction of sp³-hybridized carbons (Fsp3) is 0.571. The van der Waals surface area contributed by atoms with Gasteiger partial charge in [-0.25, -0.2) is 0 Å². The maximum Gasteiger partial charge on any atom is 0.307 e. The molecule has 0 aliphatic rings. The fourth-order valence-electron chi connectivity index (χ4n) is 0.689. The Bertz CT molecular complexity index is 225. The molecule has 0 spiro atoms. The van der Waals surface area contributed by atoms with Gasteiger partial charge >= 0.3 is 5.97 Å². The molecule has 6 nitrogen and oxygen atoms in total. The predicted molar refractivity (Wildman–Crippen MR) is 39.2 cm³/mol. The molecule has 0 bridgehead atoms. The van der Waals surface area contributed by atoms with Crippen molar-refractivity contribution in [3.63, 3.8) is 0 Å². The molecular formula is C7H10NO5-. The number of carbonyl (C=O) groups is 3. The molecule has 0 saturated heterocycles. The molecule has 1 unspecified atom stereocenters.